The lowest BCUT2D eigenvalue weighted by Gasteiger charge is -2.29. The molecule has 0 aliphatic carbocycles. The molecule has 0 N–H and O–H groups in total. The lowest BCUT2D eigenvalue weighted by Crippen LogP contribution is -2.40. The summed E-state index contributed by atoms with van der Waals surface area (Å²) in [6, 6.07) is 3.48. The minimum atomic E-state index is -0.593. The highest BCUT2D eigenvalue weighted by Crippen LogP contribution is 2.32. The Bertz CT molecular complexity index is 529. The number of rotatable bonds is 3. The van der Waals surface area contributed by atoms with Crippen molar-refractivity contribution in [3.8, 4) is 0 Å². The third-order valence-corrected chi connectivity index (χ3v) is 3.97. The van der Waals surface area contributed by atoms with Crippen LogP contribution in [0.2, 0.25) is 0 Å². The van der Waals surface area contributed by atoms with Gasteiger partial charge in [-0.05, 0) is 37.1 Å². The Hall–Kier alpha value is -1.43. The van der Waals surface area contributed by atoms with Crippen LogP contribution in [0.3, 0.4) is 0 Å². The van der Waals surface area contributed by atoms with E-state index in [4.69, 9.17) is 4.74 Å². The van der Waals surface area contributed by atoms with E-state index in [1.807, 2.05) is 0 Å². The molecular weight excluding hydrogens is 329 g/mol. The number of carbonyl (C=O) groups excluding carboxylic acids is 2. The van der Waals surface area contributed by atoms with Crippen LogP contribution in [-0.2, 0) is 14.3 Å². The Kier molecular flexibility index (Phi) is 4.42. The summed E-state index contributed by atoms with van der Waals surface area (Å²) >= 11 is 3.23. The van der Waals surface area contributed by atoms with E-state index in [9.17, 15) is 14.0 Å². The van der Waals surface area contributed by atoms with Crippen LogP contribution >= 0.6 is 15.9 Å². The minimum Gasteiger partial charge on any atom is -0.467 e. The van der Waals surface area contributed by atoms with Crippen LogP contribution in [0, 0.1) is 5.82 Å². The first-order chi connectivity index (χ1) is 9.43. The van der Waals surface area contributed by atoms with Crippen molar-refractivity contribution in [1.82, 2.24) is 4.90 Å². The van der Waals surface area contributed by atoms with Gasteiger partial charge >= 0.3 is 5.97 Å². The summed E-state index contributed by atoms with van der Waals surface area (Å²) in [5.74, 6) is -0.936. The van der Waals surface area contributed by atoms with Crippen LogP contribution in [0.15, 0.2) is 22.7 Å². The van der Waals surface area contributed by atoms with Crippen molar-refractivity contribution in [2.45, 2.75) is 31.8 Å². The molecule has 2 atom stereocenters. The van der Waals surface area contributed by atoms with E-state index < -0.39 is 12.0 Å². The maximum atomic E-state index is 13.5. The topological polar surface area (TPSA) is 46.6 Å². The number of carbonyl (C=O) groups is 2. The molecular formula is C14H15BrFNO3. The molecule has 0 bridgehead atoms. The van der Waals surface area contributed by atoms with Crippen LogP contribution in [0.5, 0.6) is 0 Å². The first-order valence-electron chi connectivity index (χ1n) is 6.29. The quantitative estimate of drug-likeness (QED) is 0.793. The number of amides is 1. The van der Waals surface area contributed by atoms with Gasteiger partial charge < -0.3 is 9.64 Å². The molecule has 1 aliphatic rings. The molecule has 1 aromatic carbocycles. The predicted octanol–water partition coefficient (Wildman–Crippen LogP) is 2.81. The molecule has 1 saturated heterocycles. The summed E-state index contributed by atoms with van der Waals surface area (Å²) in [5, 5.41) is 0. The Morgan fingerprint density at radius 3 is 2.80 bits per heavy atom. The Labute approximate surface area is 125 Å². The van der Waals surface area contributed by atoms with Crippen molar-refractivity contribution in [3.05, 3.63) is 34.1 Å². The third kappa shape index (κ3) is 2.85. The Morgan fingerprint density at radius 1 is 1.50 bits per heavy atom. The molecule has 4 nitrogen and oxygen atoms in total. The maximum absolute atomic E-state index is 13.5. The Morgan fingerprint density at radius 2 is 2.20 bits per heavy atom. The van der Waals surface area contributed by atoms with E-state index in [-0.39, 0.29) is 17.8 Å². The van der Waals surface area contributed by atoms with Gasteiger partial charge in [-0.3, -0.25) is 4.79 Å². The number of halogens is 2. The summed E-state index contributed by atoms with van der Waals surface area (Å²) in [4.78, 5) is 25.2. The van der Waals surface area contributed by atoms with Crippen molar-refractivity contribution >= 4 is 27.8 Å². The maximum Gasteiger partial charge on any atom is 0.328 e. The van der Waals surface area contributed by atoms with Gasteiger partial charge in [-0.15, -0.1) is 0 Å². The minimum absolute atomic E-state index is 0.117. The largest absolute Gasteiger partial charge is 0.467 e. The number of likely N-dealkylation sites (tertiary alicyclic amines) is 1. The highest BCUT2D eigenvalue weighted by atomic mass is 79.9. The molecule has 1 fully saturated rings. The van der Waals surface area contributed by atoms with Crippen molar-refractivity contribution in [3.63, 3.8) is 0 Å². The summed E-state index contributed by atoms with van der Waals surface area (Å²) in [6.07, 6.45) is 0.743. The summed E-state index contributed by atoms with van der Waals surface area (Å²) in [5.41, 5.74) is 0.640. The number of ether oxygens (including phenoxy) is 1. The van der Waals surface area contributed by atoms with Gasteiger partial charge in [-0.1, -0.05) is 15.9 Å². The van der Waals surface area contributed by atoms with Gasteiger partial charge in [0.25, 0.3) is 0 Å². The average molecular weight is 344 g/mol. The number of hydrogen-bond acceptors (Lipinski definition) is 3. The van der Waals surface area contributed by atoms with E-state index in [0.29, 0.717) is 22.9 Å². The van der Waals surface area contributed by atoms with Crippen molar-refractivity contribution < 1.29 is 18.7 Å². The number of esters is 1. The fourth-order valence-corrected chi connectivity index (χ4v) is 3.02. The summed E-state index contributed by atoms with van der Waals surface area (Å²) in [7, 11) is 1.30. The molecule has 0 aromatic heterocycles. The van der Waals surface area contributed by atoms with Crippen LogP contribution in [0.4, 0.5) is 4.39 Å². The second-order valence-electron chi connectivity index (χ2n) is 4.76. The van der Waals surface area contributed by atoms with Crippen LogP contribution in [0.1, 0.15) is 31.4 Å². The van der Waals surface area contributed by atoms with Crippen molar-refractivity contribution in [2.75, 3.05) is 7.11 Å². The van der Waals surface area contributed by atoms with Crippen molar-refractivity contribution in [1.29, 1.82) is 0 Å². The van der Waals surface area contributed by atoms with Gasteiger partial charge in [0.15, 0.2) is 0 Å². The van der Waals surface area contributed by atoms with Gasteiger partial charge in [0.1, 0.15) is 11.9 Å². The zero-order valence-corrected chi connectivity index (χ0v) is 12.8. The smallest absolute Gasteiger partial charge is 0.328 e. The lowest BCUT2D eigenvalue weighted by atomic mass is 10.1. The highest BCUT2D eigenvalue weighted by Gasteiger charge is 2.40. The van der Waals surface area contributed by atoms with E-state index in [0.717, 1.165) is 0 Å². The average Bonchev–Trinajstić information content (AvgIpc) is 2.77. The van der Waals surface area contributed by atoms with Gasteiger partial charge in [0.05, 0.1) is 13.2 Å². The van der Waals surface area contributed by atoms with Gasteiger partial charge in [-0.2, -0.15) is 0 Å². The number of methoxy groups -OCH3 is 1. The third-order valence-electron chi connectivity index (χ3n) is 3.51. The van der Waals surface area contributed by atoms with Gasteiger partial charge in [0, 0.05) is 10.9 Å². The number of hydrogen-bond donors (Lipinski definition) is 0. The molecule has 6 heteroatoms. The molecule has 108 valence electrons. The van der Waals surface area contributed by atoms with Crippen LogP contribution in [-0.4, -0.2) is 29.9 Å². The van der Waals surface area contributed by atoms with Gasteiger partial charge in [-0.25, -0.2) is 9.18 Å². The fraction of sp³-hybridized carbons (Fsp3) is 0.429. The fourth-order valence-electron chi connectivity index (χ4n) is 2.53. The molecule has 0 radical (unpaired) electrons. The molecule has 2 unspecified atom stereocenters. The van der Waals surface area contributed by atoms with E-state index in [2.05, 4.69) is 15.9 Å². The lowest BCUT2D eigenvalue weighted by molar-refractivity contribution is -0.150. The molecule has 1 heterocycles. The zero-order chi connectivity index (χ0) is 14.9. The molecule has 20 heavy (non-hydrogen) atoms. The first-order valence-corrected chi connectivity index (χ1v) is 7.08. The highest BCUT2D eigenvalue weighted by molar-refractivity contribution is 9.10. The number of nitrogens with zero attached hydrogens (tertiary/aromatic N) is 1. The second kappa shape index (κ2) is 5.91. The number of benzene rings is 1. The zero-order valence-electron chi connectivity index (χ0n) is 11.2. The standard InChI is InChI=1S/C14H15BrFNO3/c1-8(9-5-10(15)7-11(16)6-9)17-12(14(19)20-2)3-4-13(17)18/h5-8,12H,3-4H2,1-2H3. The molecule has 2 rings (SSSR count). The molecule has 1 aromatic rings. The van der Waals surface area contributed by atoms with Crippen LogP contribution < -0.4 is 0 Å². The van der Waals surface area contributed by atoms with Crippen LogP contribution in [0.25, 0.3) is 0 Å². The van der Waals surface area contributed by atoms with E-state index in [1.165, 1.54) is 24.1 Å². The summed E-state index contributed by atoms with van der Waals surface area (Å²) < 4.78 is 18.8. The Balaban J connectivity index is 2.32. The summed E-state index contributed by atoms with van der Waals surface area (Å²) in [6.45, 7) is 1.78. The van der Waals surface area contributed by atoms with E-state index in [1.54, 1.807) is 13.0 Å². The SMILES string of the molecule is COC(=O)C1CCC(=O)N1C(C)c1cc(F)cc(Br)c1. The predicted molar refractivity (Wildman–Crippen MR) is 74.4 cm³/mol. The second-order valence-corrected chi connectivity index (χ2v) is 5.67. The molecule has 1 aliphatic heterocycles. The molecule has 0 saturated carbocycles. The first kappa shape index (κ1) is 15.0. The molecule has 0 spiro atoms. The van der Waals surface area contributed by atoms with Gasteiger partial charge in [0.2, 0.25) is 5.91 Å². The van der Waals surface area contributed by atoms with E-state index >= 15 is 0 Å². The molecule has 1 amide bonds. The monoisotopic (exact) mass is 343 g/mol. The van der Waals surface area contributed by atoms with Crippen molar-refractivity contribution in [2.24, 2.45) is 0 Å². The normalized spacial score (nSPS) is 20.1.